The third kappa shape index (κ3) is 3.47. The number of hydrogen-bond acceptors (Lipinski definition) is 2. The Morgan fingerprint density at radius 2 is 2.00 bits per heavy atom. The van der Waals surface area contributed by atoms with Gasteiger partial charge in [0.1, 0.15) is 5.82 Å². The standard InChI is InChI=1S/C21H19ClFN3O/c1-25(13-14-4-2-5-15(22)12-14)21(27)20-18-6-3-7-19(18)26(24-20)17-10-8-16(23)9-11-17/h2,4-5,8-12H,3,6-7,13H2,1H3. The normalized spacial score (nSPS) is 12.9. The number of hydrogen-bond donors (Lipinski definition) is 0. The molecule has 0 aliphatic heterocycles. The Balaban J connectivity index is 1.64. The molecule has 138 valence electrons. The molecule has 1 aliphatic rings. The highest BCUT2D eigenvalue weighted by Gasteiger charge is 2.28. The Labute approximate surface area is 162 Å². The second-order valence-corrected chi connectivity index (χ2v) is 7.24. The van der Waals surface area contributed by atoms with Crippen molar-refractivity contribution in [2.24, 2.45) is 0 Å². The Morgan fingerprint density at radius 1 is 1.22 bits per heavy atom. The van der Waals surface area contributed by atoms with E-state index in [0.717, 1.165) is 41.8 Å². The number of aromatic nitrogens is 2. The molecule has 0 radical (unpaired) electrons. The van der Waals surface area contributed by atoms with Crippen LogP contribution in [0.3, 0.4) is 0 Å². The van der Waals surface area contributed by atoms with Crippen LogP contribution in [0.15, 0.2) is 48.5 Å². The van der Waals surface area contributed by atoms with Crippen LogP contribution in [-0.4, -0.2) is 27.6 Å². The fourth-order valence-electron chi connectivity index (χ4n) is 3.57. The lowest BCUT2D eigenvalue weighted by Gasteiger charge is -2.16. The van der Waals surface area contributed by atoms with Gasteiger partial charge in [-0.15, -0.1) is 0 Å². The lowest BCUT2D eigenvalue weighted by Crippen LogP contribution is -2.27. The van der Waals surface area contributed by atoms with Crippen molar-refractivity contribution in [1.82, 2.24) is 14.7 Å². The van der Waals surface area contributed by atoms with Gasteiger partial charge in [0, 0.05) is 29.9 Å². The van der Waals surface area contributed by atoms with Crippen LogP contribution < -0.4 is 0 Å². The smallest absolute Gasteiger partial charge is 0.274 e. The first-order chi connectivity index (χ1) is 13.0. The Hall–Kier alpha value is -2.66. The average molecular weight is 384 g/mol. The predicted molar refractivity (Wildman–Crippen MR) is 103 cm³/mol. The highest BCUT2D eigenvalue weighted by molar-refractivity contribution is 6.30. The lowest BCUT2D eigenvalue weighted by atomic mass is 10.1. The van der Waals surface area contributed by atoms with E-state index in [4.69, 9.17) is 11.6 Å². The second-order valence-electron chi connectivity index (χ2n) is 6.81. The van der Waals surface area contributed by atoms with Gasteiger partial charge in [-0.25, -0.2) is 9.07 Å². The molecule has 1 heterocycles. The summed E-state index contributed by atoms with van der Waals surface area (Å²) in [7, 11) is 1.77. The first-order valence-electron chi connectivity index (χ1n) is 8.89. The van der Waals surface area contributed by atoms with Gasteiger partial charge in [-0.2, -0.15) is 5.10 Å². The van der Waals surface area contributed by atoms with Gasteiger partial charge < -0.3 is 4.90 Å². The molecule has 1 amide bonds. The van der Waals surface area contributed by atoms with E-state index in [-0.39, 0.29) is 11.7 Å². The van der Waals surface area contributed by atoms with E-state index < -0.39 is 0 Å². The van der Waals surface area contributed by atoms with Gasteiger partial charge >= 0.3 is 0 Å². The number of carbonyl (C=O) groups excluding carboxylic acids is 1. The number of fused-ring (bicyclic) bond motifs is 1. The van der Waals surface area contributed by atoms with Crippen molar-refractivity contribution in [2.75, 3.05) is 7.05 Å². The molecule has 0 saturated carbocycles. The summed E-state index contributed by atoms with van der Waals surface area (Å²) in [6.07, 6.45) is 2.69. The largest absolute Gasteiger partial charge is 0.336 e. The zero-order valence-corrected chi connectivity index (χ0v) is 15.7. The van der Waals surface area contributed by atoms with E-state index in [1.54, 1.807) is 28.8 Å². The summed E-state index contributed by atoms with van der Waals surface area (Å²) >= 11 is 6.04. The first kappa shape index (κ1) is 17.7. The number of nitrogens with zero attached hydrogens (tertiary/aromatic N) is 3. The van der Waals surface area contributed by atoms with Gasteiger partial charge in [0.15, 0.2) is 5.69 Å². The number of rotatable bonds is 4. The SMILES string of the molecule is CN(Cc1cccc(Cl)c1)C(=O)c1nn(-c2ccc(F)cc2)c2c1CCC2. The van der Waals surface area contributed by atoms with Crippen molar-refractivity contribution in [3.8, 4) is 5.69 Å². The van der Waals surface area contributed by atoms with Crippen LogP contribution in [0.25, 0.3) is 5.69 Å². The van der Waals surface area contributed by atoms with Crippen molar-refractivity contribution < 1.29 is 9.18 Å². The monoisotopic (exact) mass is 383 g/mol. The maximum Gasteiger partial charge on any atom is 0.274 e. The minimum Gasteiger partial charge on any atom is -0.336 e. The first-order valence-corrected chi connectivity index (χ1v) is 9.27. The summed E-state index contributed by atoms with van der Waals surface area (Å²) in [5.41, 5.74) is 4.26. The molecule has 0 bridgehead atoms. The van der Waals surface area contributed by atoms with Gasteiger partial charge in [0.25, 0.3) is 5.91 Å². The fourth-order valence-corrected chi connectivity index (χ4v) is 3.78. The van der Waals surface area contributed by atoms with Crippen molar-refractivity contribution in [3.63, 3.8) is 0 Å². The third-order valence-electron chi connectivity index (χ3n) is 4.86. The zero-order chi connectivity index (χ0) is 19.0. The lowest BCUT2D eigenvalue weighted by molar-refractivity contribution is 0.0777. The number of halogens is 2. The minimum atomic E-state index is -0.292. The molecule has 0 spiro atoms. The topological polar surface area (TPSA) is 38.1 Å². The Kier molecular flexibility index (Phi) is 4.70. The second kappa shape index (κ2) is 7.16. The van der Waals surface area contributed by atoms with Crippen molar-refractivity contribution in [3.05, 3.63) is 81.9 Å². The van der Waals surface area contributed by atoms with E-state index in [1.165, 1.54) is 12.1 Å². The molecule has 0 N–H and O–H groups in total. The molecule has 0 atom stereocenters. The fraction of sp³-hybridized carbons (Fsp3) is 0.238. The molecule has 4 nitrogen and oxygen atoms in total. The van der Waals surface area contributed by atoms with Crippen LogP contribution in [0.4, 0.5) is 4.39 Å². The molecule has 0 saturated heterocycles. The summed E-state index contributed by atoms with van der Waals surface area (Å²) in [4.78, 5) is 14.7. The molecule has 27 heavy (non-hydrogen) atoms. The molecule has 6 heteroatoms. The van der Waals surface area contributed by atoms with Gasteiger partial charge in [-0.3, -0.25) is 4.79 Å². The van der Waals surface area contributed by atoms with Gasteiger partial charge in [0.2, 0.25) is 0 Å². The summed E-state index contributed by atoms with van der Waals surface area (Å²) in [5, 5.41) is 5.24. The highest BCUT2D eigenvalue weighted by atomic mass is 35.5. The molecule has 4 rings (SSSR count). The van der Waals surface area contributed by atoms with E-state index in [2.05, 4.69) is 5.10 Å². The molecule has 1 aromatic heterocycles. The zero-order valence-electron chi connectivity index (χ0n) is 15.0. The Morgan fingerprint density at radius 3 is 2.74 bits per heavy atom. The third-order valence-corrected chi connectivity index (χ3v) is 5.09. The van der Waals surface area contributed by atoms with Gasteiger partial charge in [0.05, 0.1) is 5.69 Å². The number of benzene rings is 2. The molecule has 2 aromatic carbocycles. The van der Waals surface area contributed by atoms with Crippen LogP contribution in [0, 0.1) is 5.82 Å². The van der Waals surface area contributed by atoms with E-state index in [0.29, 0.717) is 17.3 Å². The highest BCUT2D eigenvalue weighted by Crippen LogP contribution is 2.28. The van der Waals surface area contributed by atoms with Gasteiger partial charge in [-0.05, 0) is 61.2 Å². The van der Waals surface area contributed by atoms with Crippen LogP contribution in [-0.2, 0) is 19.4 Å². The van der Waals surface area contributed by atoms with Crippen molar-refractivity contribution in [2.45, 2.75) is 25.8 Å². The van der Waals surface area contributed by atoms with Crippen molar-refractivity contribution in [1.29, 1.82) is 0 Å². The van der Waals surface area contributed by atoms with Crippen LogP contribution in [0.5, 0.6) is 0 Å². The van der Waals surface area contributed by atoms with E-state index >= 15 is 0 Å². The molecule has 1 aliphatic carbocycles. The molecule has 3 aromatic rings. The van der Waals surface area contributed by atoms with Crippen LogP contribution in [0.1, 0.15) is 33.7 Å². The quantitative estimate of drug-likeness (QED) is 0.668. The van der Waals surface area contributed by atoms with Crippen molar-refractivity contribution >= 4 is 17.5 Å². The summed E-state index contributed by atoms with van der Waals surface area (Å²) in [6, 6.07) is 13.7. The maximum absolute atomic E-state index is 13.3. The predicted octanol–water partition coefficient (Wildman–Crippen LogP) is 4.43. The maximum atomic E-state index is 13.3. The van der Waals surface area contributed by atoms with E-state index in [9.17, 15) is 9.18 Å². The van der Waals surface area contributed by atoms with Gasteiger partial charge in [-0.1, -0.05) is 23.7 Å². The van der Waals surface area contributed by atoms with Crippen LogP contribution in [0.2, 0.25) is 5.02 Å². The molecular formula is C21H19ClFN3O. The average Bonchev–Trinajstić information content (AvgIpc) is 3.24. The number of amides is 1. The molecule has 0 unspecified atom stereocenters. The summed E-state index contributed by atoms with van der Waals surface area (Å²) in [5.74, 6) is -0.408. The van der Waals surface area contributed by atoms with E-state index in [1.807, 2.05) is 24.3 Å². The minimum absolute atomic E-state index is 0.117. The summed E-state index contributed by atoms with van der Waals surface area (Å²) < 4.78 is 15.0. The molecule has 0 fully saturated rings. The Bertz CT molecular complexity index is 997. The van der Waals surface area contributed by atoms with Crippen LogP contribution >= 0.6 is 11.6 Å². The molecular weight excluding hydrogens is 365 g/mol. The number of carbonyl (C=O) groups is 1. The summed E-state index contributed by atoms with van der Waals surface area (Å²) in [6.45, 7) is 0.456.